The van der Waals surface area contributed by atoms with Crippen LogP contribution in [0.1, 0.15) is 77.0 Å². The highest BCUT2D eigenvalue weighted by Crippen LogP contribution is 2.42. The van der Waals surface area contributed by atoms with Crippen LogP contribution in [-0.2, 0) is 9.59 Å². The number of hydrogen-bond donors (Lipinski definition) is 0. The number of imide groups is 2. The third kappa shape index (κ3) is 3.48. The van der Waals surface area contributed by atoms with Crippen molar-refractivity contribution < 1.29 is 14.4 Å². The lowest BCUT2D eigenvalue weighted by atomic mass is 9.75. The lowest BCUT2D eigenvalue weighted by Crippen LogP contribution is -2.69. The van der Waals surface area contributed by atoms with Crippen molar-refractivity contribution >= 4 is 17.8 Å². The largest absolute Gasteiger partial charge is 0.333 e. The Kier molecular flexibility index (Phi) is 6.18. The summed E-state index contributed by atoms with van der Waals surface area (Å²) in [7, 11) is 0. The normalized spacial score (nSPS) is 25.0. The number of rotatable bonds is 6. The van der Waals surface area contributed by atoms with Crippen molar-refractivity contribution in [2.24, 2.45) is 5.41 Å². The van der Waals surface area contributed by atoms with Crippen molar-refractivity contribution in [1.82, 2.24) is 9.80 Å². The van der Waals surface area contributed by atoms with E-state index in [1.807, 2.05) is 0 Å². The van der Waals surface area contributed by atoms with Gasteiger partial charge in [-0.15, -0.1) is 13.2 Å². The molecule has 3 aliphatic rings. The second kappa shape index (κ2) is 8.41. The van der Waals surface area contributed by atoms with Gasteiger partial charge in [0.05, 0.1) is 0 Å². The van der Waals surface area contributed by atoms with Crippen LogP contribution < -0.4 is 0 Å². The predicted octanol–water partition coefficient (Wildman–Crippen LogP) is 4.58. The molecule has 5 heteroatoms. The van der Waals surface area contributed by atoms with E-state index in [0.717, 1.165) is 64.2 Å². The lowest BCUT2D eigenvalue weighted by molar-refractivity contribution is -0.162. The summed E-state index contributed by atoms with van der Waals surface area (Å²) < 4.78 is 0. The van der Waals surface area contributed by atoms with Gasteiger partial charge in [-0.1, -0.05) is 50.7 Å². The van der Waals surface area contributed by atoms with E-state index in [1.165, 1.54) is 9.80 Å². The van der Waals surface area contributed by atoms with E-state index in [2.05, 4.69) is 13.2 Å². The topological polar surface area (TPSA) is 57.7 Å². The van der Waals surface area contributed by atoms with Gasteiger partial charge in [-0.2, -0.15) is 0 Å². The maximum absolute atomic E-state index is 13.5. The van der Waals surface area contributed by atoms with Gasteiger partial charge >= 0.3 is 6.03 Å². The minimum Gasteiger partial charge on any atom is -0.273 e. The van der Waals surface area contributed by atoms with Gasteiger partial charge in [0, 0.05) is 12.1 Å². The van der Waals surface area contributed by atoms with Crippen molar-refractivity contribution in [2.45, 2.75) is 89.1 Å². The van der Waals surface area contributed by atoms with E-state index in [-0.39, 0.29) is 42.8 Å². The van der Waals surface area contributed by atoms with Crippen LogP contribution in [0.3, 0.4) is 0 Å². The third-order valence-corrected chi connectivity index (χ3v) is 6.53. The number of carbonyl (C=O) groups is 3. The molecule has 0 aromatic rings. The fourth-order valence-electron chi connectivity index (χ4n) is 5.09. The predicted molar refractivity (Wildman–Crippen MR) is 105 cm³/mol. The molecule has 2 saturated carbocycles. The molecule has 0 radical (unpaired) electrons. The van der Waals surface area contributed by atoms with Gasteiger partial charge < -0.3 is 0 Å². The molecule has 0 spiro atoms. The highest BCUT2D eigenvalue weighted by atomic mass is 16.2. The molecule has 0 unspecified atom stereocenters. The number of carbonyl (C=O) groups excluding carboxylic acids is 3. The van der Waals surface area contributed by atoms with Crippen LogP contribution in [0, 0.1) is 5.41 Å². The summed E-state index contributed by atoms with van der Waals surface area (Å²) in [4.78, 5) is 43.4. The average Bonchev–Trinajstić information content (AvgIpc) is 2.68. The van der Waals surface area contributed by atoms with Crippen LogP contribution in [0.4, 0.5) is 4.79 Å². The number of allylic oxidation sites excluding steroid dienone is 2. The first-order valence-corrected chi connectivity index (χ1v) is 10.5. The van der Waals surface area contributed by atoms with Crippen LogP contribution in [0.25, 0.3) is 0 Å². The molecule has 0 aromatic heterocycles. The molecule has 0 bridgehead atoms. The fourth-order valence-corrected chi connectivity index (χ4v) is 5.09. The second-order valence-electron chi connectivity index (χ2n) is 8.28. The summed E-state index contributed by atoms with van der Waals surface area (Å²) in [5, 5.41) is 0. The molecule has 1 aliphatic heterocycles. The Labute approximate surface area is 162 Å². The molecular formula is C22H32N2O3. The van der Waals surface area contributed by atoms with Gasteiger partial charge in [0.2, 0.25) is 11.8 Å². The van der Waals surface area contributed by atoms with Crippen LogP contribution in [0.5, 0.6) is 0 Å². The summed E-state index contributed by atoms with van der Waals surface area (Å²) in [6, 6.07) is -0.563. The summed E-state index contributed by atoms with van der Waals surface area (Å²) >= 11 is 0. The Morgan fingerprint density at radius 2 is 1.11 bits per heavy atom. The standard InChI is InChI=1S/C22H32N2O3/c1-3-15-22(16-4-2)19(25)23(17-11-7-5-8-12-17)21(27)24(20(22)26)18-13-9-6-10-14-18/h3-4,17-18H,1-2,5-16H2. The minimum absolute atomic E-state index is 0.0908. The summed E-state index contributed by atoms with van der Waals surface area (Å²) in [5.74, 6) is -0.674. The van der Waals surface area contributed by atoms with E-state index in [0.29, 0.717) is 0 Å². The molecule has 0 atom stereocenters. The van der Waals surface area contributed by atoms with E-state index in [4.69, 9.17) is 0 Å². The molecule has 0 aromatic carbocycles. The first kappa shape index (κ1) is 19.8. The lowest BCUT2D eigenvalue weighted by Gasteiger charge is -2.49. The smallest absolute Gasteiger partial charge is 0.273 e. The Balaban J connectivity index is 2.03. The number of amides is 4. The molecule has 2 aliphatic carbocycles. The highest BCUT2D eigenvalue weighted by molar-refractivity contribution is 6.19. The molecule has 1 heterocycles. The van der Waals surface area contributed by atoms with E-state index in [9.17, 15) is 14.4 Å². The van der Waals surface area contributed by atoms with Crippen LogP contribution in [0.2, 0.25) is 0 Å². The van der Waals surface area contributed by atoms with Gasteiger partial charge in [-0.25, -0.2) is 4.79 Å². The van der Waals surface area contributed by atoms with Crippen LogP contribution in [-0.4, -0.2) is 39.7 Å². The summed E-state index contributed by atoms with van der Waals surface area (Å²) in [6.07, 6.45) is 13.5. The summed E-state index contributed by atoms with van der Waals surface area (Å²) in [6.45, 7) is 7.57. The van der Waals surface area contributed by atoms with Crippen molar-refractivity contribution in [3.8, 4) is 0 Å². The fraction of sp³-hybridized carbons (Fsp3) is 0.682. The van der Waals surface area contributed by atoms with Gasteiger partial charge in [0.1, 0.15) is 5.41 Å². The highest BCUT2D eigenvalue weighted by Gasteiger charge is 2.58. The Hall–Kier alpha value is -1.91. The number of barbiturate groups is 1. The molecule has 3 fully saturated rings. The first-order chi connectivity index (χ1) is 13.1. The second-order valence-corrected chi connectivity index (χ2v) is 8.28. The number of nitrogens with zero attached hydrogens (tertiary/aromatic N) is 2. The van der Waals surface area contributed by atoms with E-state index in [1.54, 1.807) is 12.2 Å². The van der Waals surface area contributed by atoms with Crippen molar-refractivity contribution in [2.75, 3.05) is 0 Å². The molecule has 1 saturated heterocycles. The SMILES string of the molecule is C=CCC1(CC=C)C(=O)N(C2CCCCC2)C(=O)N(C2CCCCC2)C1=O. The Morgan fingerprint density at radius 1 is 0.741 bits per heavy atom. The summed E-state index contributed by atoms with van der Waals surface area (Å²) in [5.41, 5.74) is -1.26. The minimum atomic E-state index is -1.26. The molecular weight excluding hydrogens is 340 g/mol. The monoisotopic (exact) mass is 372 g/mol. The maximum Gasteiger partial charge on any atom is 0.333 e. The van der Waals surface area contributed by atoms with Gasteiger partial charge in [0.15, 0.2) is 0 Å². The van der Waals surface area contributed by atoms with Gasteiger partial charge in [0.25, 0.3) is 0 Å². The van der Waals surface area contributed by atoms with Gasteiger partial charge in [-0.05, 0) is 38.5 Å². The average molecular weight is 373 g/mol. The van der Waals surface area contributed by atoms with Crippen molar-refractivity contribution in [1.29, 1.82) is 0 Å². The first-order valence-electron chi connectivity index (χ1n) is 10.5. The van der Waals surface area contributed by atoms with Crippen molar-refractivity contribution in [3.63, 3.8) is 0 Å². The molecule has 4 amide bonds. The third-order valence-electron chi connectivity index (χ3n) is 6.53. The molecule has 148 valence electrons. The van der Waals surface area contributed by atoms with Crippen molar-refractivity contribution in [3.05, 3.63) is 25.3 Å². The van der Waals surface area contributed by atoms with E-state index >= 15 is 0 Å². The van der Waals surface area contributed by atoms with Crippen LogP contribution >= 0.6 is 0 Å². The van der Waals surface area contributed by atoms with E-state index < -0.39 is 5.41 Å². The molecule has 27 heavy (non-hydrogen) atoms. The zero-order valence-corrected chi connectivity index (χ0v) is 16.3. The van der Waals surface area contributed by atoms with Gasteiger partial charge in [-0.3, -0.25) is 19.4 Å². The zero-order chi connectivity index (χ0) is 19.4. The number of urea groups is 1. The quantitative estimate of drug-likeness (QED) is 0.506. The molecule has 3 rings (SSSR count). The molecule has 5 nitrogen and oxygen atoms in total. The molecule has 0 N–H and O–H groups in total. The maximum atomic E-state index is 13.5. The van der Waals surface area contributed by atoms with Crippen LogP contribution in [0.15, 0.2) is 25.3 Å². The Morgan fingerprint density at radius 3 is 1.44 bits per heavy atom. The number of hydrogen-bond acceptors (Lipinski definition) is 3. The zero-order valence-electron chi connectivity index (χ0n) is 16.3. The Bertz CT molecular complexity index is 563.